The van der Waals surface area contributed by atoms with Crippen LogP contribution in [-0.4, -0.2) is 31.4 Å². The summed E-state index contributed by atoms with van der Waals surface area (Å²) in [5, 5.41) is 3.04. The van der Waals surface area contributed by atoms with Crippen LogP contribution in [0.3, 0.4) is 0 Å². The minimum atomic E-state index is -0.805. The average molecular weight is 301 g/mol. The van der Waals surface area contributed by atoms with E-state index in [1.165, 1.54) is 31.0 Å². The molecule has 0 aromatic heterocycles. The molecule has 1 aliphatic carbocycles. The van der Waals surface area contributed by atoms with Crippen LogP contribution >= 0.6 is 11.8 Å². The van der Waals surface area contributed by atoms with Crippen molar-refractivity contribution in [2.75, 3.05) is 19.9 Å². The Morgan fingerprint density at radius 1 is 1.50 bits per heavy atom. The van der Waals surface area contributed by atoms with E-state index >= 15 is 0 Å². The van der Waals surface area contributed by atoms with Gasteiger partial charge in [-0.2, -0.15) is 0 Å². The number of rotatable bonds is 6. The average Bonchev–Trinajstić information content (AvgIpc) is 3.26. The van der Waals surface area contributed by atoms with Crippen LogP contribution in [-0.2, 0) is 9.53 Å². The first kappa shape index (κ1) is 15.3. The number of methoxy groups -OCH3 is 1. The Morgan fingerprint density at radius 2 is 2.20 bits per heavy atom. The highest BCUT2D eigenvalue weighted by molar-refractivity contribution is 7.99. The molecule has 110 valence electrons. The van der Waals surface area contributed by atoms with Gasteiger partial charge in [0.15, 0.2) is 0 Å². The van der Waals surface area contributed by atoms with Crippen LogP contribution in [0.2, 0.25) is 0 Å². The van der Waals surface area contributed by atoms with Gasteiger partial charge in [-0.15, -0.1) is 11.8 Å². The normalized spacial score (nSPS) is 17.6. The molecule has 0 bridgehead atoms. The van der Waals surface area contributed by atoms with Gasteiger partial charge in [-0.1, -0.05) is 0 Å². The third-order valence-corrected chi connectivity index (χ3v) is 4.86. The summed E-state index contributed by atoms with van der Waals surface area (Å²) in [6, 6.07) is 3.44. The van der Waals surface area contributed by atoms with Crippen molar-refractivity contribution in [2.24, 2.45) is 5.92 Å². The van der Waals surface area contributed by atoms with Crippen molar-refractivity contribution < 1.29 is 18.3 Å². The van der Waals surface area contributed by atoms with Gasteiger partial charge in [-0.3, -0.25) is 4.79 Å². The van der Waals surface area contributed by atoms with Crippen LogP contribution < -0.4 is 5.32 Å². The number of likely N-dealkylation sites (N-methyl/N-ethyl adjacent to an activating group) is 1. The van der Waals surface area contributed by atoms with Crippen LogP contribution in [0.5, 0.6) is 0 Å². The van der Waals surface area contributed by atoms with E-state index in [2.05, 4.69) is 5.32 Å². The summed E-state index contributed by atoms with van der Waals surface area (Å²) in [7, 11) is 3.05. The third kappa shape index (κ3) is 2.96. The zero-order valence-electron chi connectivity index (χ0n) is 11.4. The fourth-order valence-electron chi connectivity index (χ4n) is 2.26. The number of carbonyl (C=O) groups is 1. The number of thioether (sulfide) groups is 1. The molecule has 6 heteroatoms. The Kier molecular flexibility index (Phi) is 4.65. The molecule has 0 saturated heterocycles. The fraction of sp³-hybridized carbons (Fsp3) is 0.500. The SMILES string of the molecule is CNC(CSc1ccc(F)cc1F)(C(=O)OC)C1CC1. The molecular weight excluding hydrogens is 284 g/mol. The van der Waals surface area contributed by atoms with Crippen LogP contribution in [0.25, 0.3) is 0 Å². The van der Waals surface area contributed by atoms with Crippen LogP contribution in [0.1, 0.15) is 12.8 Å². The third-order valence-electron chi connectivity index (χ3n) is 3.62. The predicted molar refractivity (Wildman–Crippen MR) is 73.6 cm³/mol. The highest BCUT2D eigenvalue weighted by Gasteiger charge is 2.50. The van der Waals surface area contributed by atoms with Crippen molar-refractivity contribution in [1.82, 2.24) is 5.32 Å². The monoisotopic (exact) mass is 301 g/mol. The number of halogens is 2. The molecule has 1 unspecified atom stereocenters. The van der Waals surface area contributed by atoms with Crippen molar-refractivity contribution >= 4 is 17.7 Å². The van der Waals surface area contributed by atoms with Crippen molar-refractivity contribution in [1.29, 1.82) is 0 Å². The summed E-state index contributed by atoms with van der Waals surface area (Å²) in [6.07, 6.45) is 1.89. The lowest BCUT2D eigenvalue weighted by atomic mass is 9.96. The maximum Gasteiger partial charge on any atom is 0.327 e. The maximum atomic E-state index is 13.6. The number of ether oxygens (including phenoxy) is 1. The zero-order valence-corrected chi connectivity index (χ0v) is 12.2. The fourth-order valence-corrected chi connectivity index (χ4v) is 3.51. The molecule has 0 amide bonds. The van der Waals surface area contributed by atoms with E-state index in [1.54, 1.807) is 7.05 Å². The first-order chi connectivity index (χ1) is 9.53. The molecule has 0 aliphatic heterocycles. The standard InChI is InChI=1S/C14H17F2NO2S/c1-17-14(9-3-4-9,13(18)19-2)8-20-12-6-5-10(15)7-11(12)16/h5-7,9,17H,3-4,8H2,1-2H3. The number of hydrogen-bond acceptors (Lipinski definition) is 4. The van der Waals surface area contributed by atoms with Gasteiger partial charge in [0.1, 0.15) is 17.2 Å². The number of carbonyl (C=O) groups excluding carboxylic acids is 1. The highest BCUT2D eigenvalue weighted by Crippen LogP contribution is 2.43. The Labute approximate surface area is 121 Å². The Hall–Kier alpha value is -1.14. The van der Waals surface area contributed by atoms with Crippen molar-refractivity contribution in [3.63, 3.8) is 0 Å². The topological polar surface area (TPSA) is 38.3 Å². The first-order valence-electron chi connectivity index (χ1n) is 6.38. The summed E-state index contributed by atoms with van der Waals surface area (Å²) in [5.41, 5.74) is -0.805. The van der Waals surface area contributed by atoms with Gasteiger partial charge in [0.2, 0.25) is 0 Å². The molecule has 1 atom stereocenters. The van der Waals surface area contributed by atoms with Gasteiger partial charge in [-0.25, -0.2) is 8.78 Å². The van der Waals surface area contributed by atoms with Gasteiger partial charge < -0.3 is 10.1 Å². The molecule has 1 aliphatic rings. The van der Waals surface area contributed by atoms with Gasteiger partial charge in [0, 0.05) is 16.7 Å². The number of hydrogen-bond donors (Lipinski definition) is 1. The summed E-state index contributed by atoms with van der Waals surface area (Å²) < 4.78 is 31.4. The number of nitrogens with one attached hydrogen (secondary N) is 1. The smallest absolute Gasteiger partial charge is 0.327 e. The minimum absolute atomic E-state index is 0.205. The lowest BCUT2D eigenvalue weighted by Crippen LogP contribution is -2.55. The quantitative estimate of drug-likeness (QED) is 0.647. The Balaban J connectivity index is 2.14. The molecule has 1 saturated carbocycles. The molecule has 1 aromatic rings. The van der Waals surface area contributed by atoms with E-state index in [0.717, 1.165) is 18.9 Å². The second-order valence-corrected chi connectivity index (χ2v) is 5.87. The van der Waals surface area contributed by atoms with Gasteiger partial charge in [-0.05, 0) is 37.9 Å². The summed E-state index contributed by atoms with van der Waals surface area (Å²) >= 11 is 1.19. The molecule has 20 heavy (non-hydrogen) atoms. The van der Waals surface area contributed by atoms with Crippen LogP contribution in [0.4, 0.5) is 8.78 Å². The molecule has 1 N–H and O–H groups in total. The molecule has 1 aromatic carbocycles. The molecular formula is C14H17F2NO2S. The van der Waals surface area contributed by atoms with E-state index in [4.69, 9.17) is 4.74 Å². The lowest BCUT2D eigenvalue weighted by Gasteiger charge is -2.30. The predicted octanol–water partition coefficient (Wildman–Crippen LogP) is 2.60. The highest BCUT2D eigenvalue weighted by atomic mass is 32.2. The summed E-state index contributed by atoms with van der Waals surface area (Å²) in [5.74, 6) is -1.00. The van der Waals surface area contributed by atoms with Gasteiger partial charge >= 0.3 is 5.97 Å². The molecule has 2 rings (SSSR count). The minimum Gasteiger partial charge on any atom is -0.468 e. The van der Waals surface area contributed by atoms with Crippen molar-refractivity contribution in [2.45, 2.75) is 23.3 Å². The van der Waals surface area contributed by atoms with E-state index in [-0.39, 0.29) is 11.9 Å². The van der Waals surface area contributed by atoms with E-state index < -0.39 is 17.2 Å². The maximum absolute atomic E-state index is 13.6. The molecule has 3 nitrogen and oxygen atoms in total. The second kappa shape index (κ2) is 6.10. The first-order valence-corrected chi connectivity index (χ1v) is 7.37. The van der Waals surface area contributed by atoms with Gasteiger partial charge in [0.25, 0.3) is 0 Å². The Bertz CT molecular complexity index is 508. The molecule has 0 spiro atoms. The van der Waals surface area contributed by atoms with E-state index in [1.807, 2.05) is 0 Å². The molecule has 1 fully saturated rings. The molecule has 0 radical (unpaired) electrons. The second-order valence-electron chi connectivity index (χ2n) is 4.85. The summed E-state index contributed by atoms with van der Waals surface area (Å²) in [6.45, 7) is 0. The summed E-state index contributed by atoms with van der Waals surface area (Å²) in [4.78, 5) is 12.4. The molecule has 0 heterocycles. The van der Waals surface area contributed by atoms with Crippen molar-refractivity contribution in [3.8, 4) is 0 Å². The number of esters is 1. The van der Waals surface area contributed by atoms with Gasteiger partial charge in [0.05, 0.1) is 7.11 Å². The lowest BCUT2D eigenvalue weighted by molar-refractivity contribution is -0.148. The van der Waals surface area contributed by atoms with Crippen LogP contribution in [0.15, 0.2) is 23.1 Å². The Morgan fingerprint density at radius 3 is 2.70 bits per heavy atom. The van der Waals surface area contributed by atoms with E-state index in [9.17, 15) is 13.6 Å². The van der Waals surface area contributed by atoms with E-state index in [0.29, 0.717) is 10.6 Å². The van der Waals surface area contributed by atoms with Crippen molar-refractivity contribution in [3.05, 3.63) is 29.8 Å². The number of benzene rings is 1. The van der Waals surface area contributed by atoms with Crippen LogP contribution in [0, 0.1) is 17.6 Å². The zero-order chi connectivity index (χ0) is 14.8. The largest absolute Gasteiger partial charge is 0.468 e.